The van der Waals surface area contributed by atoms with Gasteiger partial charge >= 0.3 is 0 Å². The van der Waals surface area contributed by atoms with Gasteiger partial charge in [-0.3, -0.25) is 0 Å². The number of aromatic nitrogens is 3. The molecule has 0 saturated carbocycles. The highest BCUT2D eigenvalue weighted by atomic mass is 79.9. The number of hydrogen-bond acceptors (Lipinski definition) is 3. The van der Waals surface area contributed by atoms with E-state index in [1.165, 1.54) is 0 Å². The zero-order valence-electron chi connectivity index (χ0n) is 7.59. The van der Waals surface area contributed by atoms with Crippen molar-refractivity contribution in [2.45, 2.75) is 0 Å². The number of thiophene rings is 1. The minimum Gasteiger partial charge on any atom is -0.203 e. The number of fused-ring (bicyclic) bond motifs is 1. The van der Waals surface area contributed by atoms with E-state index in [0.717, 1.165) is 19.8 Å². The van der Waals surface area contributed by atoms with Gasteiger partial charge in [0.05, 0.1) is 9.30 Å². The summed E-state index contributed by atoms with van der Waals surface area (Å²) in [5.74, 6) is 0. The van der Waals surface area contributed by atoms with Crippen molar-refractivity contribution in [3.8, 4) is 5.00 Å². The van der Waals surface area contributed by atoms with Crippen molar-refractivity contribution >= 4 is 38.3 Å². The topological polar surface area (TPSA) is 30.7 Å². The number of halogens is 1. The summed E-state index contributed by atoms with van der Waals surface area (Å²) in [7, 11) is 0. The molecule has 0 aliphatic carbocycles. The Labute approximate surface area is 98.5 Å². The Morgan fingerprint density at radius 2 is 2.00 bits per heavy atom. The molecule has 74 valence electrons. The van der Waals surface area contributed by atoms with Gasteiger partial charge < -0.3 is 0 Å². The van der Waals surface area contributed by atoms with Crippen LogP contribution in [0, 0.1) is 0 Å². The van der Waals surface area contributed by atoms with Crippen LogP contribution in [0.4, 0.5) is 0 Å². The van der Waals surface area contributed by atoms with Gasteiger partial charge in [-0.2, -0.15) is 0 Å². The van der Waals surface area contributed by atoms with Crippen molar-refractivity contribution in [1.29, 1.82) is 0 Å². The molecule has 2 aromatic heterocycles. The van der Waals surface area contributed by atoms with Gasteiger partial charge in [0.2, 0.25) is 0 Å². The van der Waals surface area contributed by atoms with Crippen LogP contribution in [0.15, 0.2) is 40.2 Å². The van der Waals surface area contributed by atoms with E-state index in [4.69, 9.17) is 0 Å². The lowest BCUT2D eigenvalue weighted by molar-refractivity contribution is 0.835. The minimum atomic E-state index is 0.919. The summed E-state index contributed by atoms with van der Waals surface area (Å²) in [6, 6.07) is 12.0. The van der Waals surface area contributed by atoms with Crippen LogP contribution in [-0.4, -0.2) is 15.0 Å². The summed E-state index contributed by atoms with van der Waals surface area (Å²) in [5.41, 5.74) is 1.95. The van der Waals surface area contributed by atoms with Gasteiger partial charge in [0, 0.05) is 0 Å². The van der Waals surface area contributed by atoms with Crippen molar-refractivity contribution in [2.75, 3.05) is 0 Å². The molecule has 0 fully saturated rings. The average Bonchev–Trinajstić information content (AvgIpc) is 2.83. The summed E-state index contributed by atoms with van der Waals surface area (Å²) in [6.45, 7) is 0. The quantitative estimate of drug-likeness (QED) is 0.685. The Bertz CT molecular complexity index is 614. The Balaban J connectivity index is 2.27. The highest BCUT2D eigenvalue weighted by Gasteiger charge is 2.06. The van der Waals surface area contributed by atoms with Gasteiger partial charge in [-0.05, 0) is 40.2 Å². The molecular weight excluding hydrogens is 274 g/mol. The summed E-state index contributed by atoms with van der Waals surface area (Å²) in [6.07, 6.45) is 0. The highest BCUT2D eigenvalue weighted by molar-refractivity contribution is 9.11. The number of hydrogen-bond donors (Lipinski definition) is 0. The molecule has 1 aromatic carbocycles. The second kappa shape index (κ2) is 3.43. The molecule has 2 heterocycles. The largest absolute Gasteiger partial charge is 0.203 e. The van der Waals surface area contributed by atoms with Gasteiger partial charge in [-0.25, -0.2) is 4.68 Å². The Morgan fingerprint density at radius 3 is 2.80 bits per heavy atom. The van der Waals surface area contributed by atoms with Crippen LogP contribution in [0.2, 0.25) is 0 Å². The summed E-state index contributed by atoms with van der Waals surface area (Å²) in [4.78, 5) is 0. The molecular formula is C10H6BrN3S. The van der Waals surface area contributed by atoms with E-state index in [1.54, 1.807) is 11.3 Å². The Morgan fingerprint density at radius 1 is 1.13 bits per heavy atom. The Kier molecular flexibility index (Phi) is 2.07. The van der Waals surface area contributed by atoms with Gasteiger partial charge in [-0.15, -0.1) is 16.4 Å². The number of para-hydroxylation sites is 1. The first-order valence-corrected chi connectivity index (χ1v) is 6.02. The molecule has 0 aliphatic heterocycles. The minimum absolute atomic E-state index is 0.919. The van der Waals surface area contributed by atoms with E-state index in [-0.39, 0.29) is 0 Å². The SMILES string of the molecule is Brc1ccc(-n2nnc3ccccc32)s1. The van der Waals surface area contributed by atoms with Crippen LogP contribution in [0.25, 0.3) is 16.0 Å². The monoisotopic (exact) mass is 279 g/mol. The predicted octanol–water partition coefficient (Wildman–Crippen LogP) is 3.24. The molecule has 0 saturated heterocycles. The molecule has 5 heteroatoms. The molecule has 15 heavy (non-hydrogen) atoms. The summed E-state index contributed by atoms with van der Waals surface area (Å²) < 4.78 is 2.95. The third-order valence-corrected chi connectivity index (χ3v) is 3.72. The fourth-order valence-electron chi connectivity index (χ4n) is 1.45. The zero-order valence-corrected chi connectivity index (χ0v) is 9.99. The van der Waals surface area contributed by atoms with Crippen molar-refractivity contribution in [3.05, 3.63) is 40.2 Å². The maximum absolute atomic E-state index is 4.14. The van der Waals surface area contributed by atoms with Gasteiger partial charge in [0.25, 0.3) is 0 Å². The molecule has 3 aromatic rings. The number of nitrogens with zero attached hydrogens (tertiary/aromatic N) is 3. The summed E-state index contributed by atoms with van der Waals surface area (Å²) >= 11 is 5.08. The molecule has 0 bridgehead atoms. The molecule has 3 nitrogen and oxygen atoms in total. The van der Waals surface area contributed by atoms with Crippen LogP contribution in [0.5, 0.6) is 0 Å². The first-order chi connectivity index (χ1) is 7.34. The molecule has 0 spiro atoms. The standard InChI is InChI=1S/C10H6BrN3S/c11-9-5-6-10(15-9)14-8-4-2-1-3-7(8)12-13-14/h1-6H. The third-order valence-electron chi connectivity index (χ3n) is 2.12. The second-order valence-electron chi connectivity index (χ2n) is 3.07. The fourth-order valence-corrected chi connectivity index (χ4v) is 2.77. The summed E-state index contributed by atoms with van der Waals surface area (Å²) in [5, 5.41) is 9.31. The molecule has 3 rings (SSSR count). The molecule has 0 atom stereocenters. The van der Waals surface area contributed by atoms with Crippen molar-refractivity contribution in [2.24, 2.45) is 0 Å². The van der Waals surface area contributed by atoms with Crippen molar-refractivity contribution < 1.29 is 0 Å². The fraction of sp³-hybridized carbons (Fsp3) is 0. The maximum Gasteiger partial charge on any atom is 0.121 e. The van der Waals surface area contributed by atoms with E-state index in [1.807, 2.05) is 41.1 Å². The third kappa shape index (κ3) is 1.48. The van der Waals surface area contributed by atoms with Crippen LogP contribution in [-0.2, 0) is 0 Å². The molecule has 0 unspecified atom stereocenters. The zero-order chi connectivity index (χ0) is 10.3. The molecule has 0 aliphatic rings. The number of benzene rings is 1. The van der Waals surface area contributed by atoms with Crippen molar-refractivity contribution in [3.63, 3.8) is 0 Å². The average molecular weight is 280 g/mol. The number of rotatable bonds is 1. The lowest BCUT2D eigenvalue weighted by Gasteiger charge is -1.95. The Hall–Kier alpha value is -1.20. The van der Waals surface area contributed by atoms with E-state index >= 15 is 0 Å². The van der Waals surface area contributed by atoms with E-state index < -0.39 is 0 Å². The van der Waals surface area contributed by atoms with E-state index in [0.29, 0.717) is 0 Å². The van der Waals surface area contributed by atoms with Crippen LogP contribution >= 0.6 is 27.3 Å². The van der Waals surface area contributed by atoms with Crippen LogP contribution in [0.1, 0.15) is 0 Å². The first kappa shape index (κ1) is 9.06. The van der Waals surface area contributed by atoms with E-state index in [2.05, 4.69) is 26.2 Å². The van der Waals surface area contributed by atoms with Gasteiger partial charge in [-0.1, -0.05) is 17.3 Å². The predicted molar refractivity (Wildman–Crippen MR) is 64.4 cm³/mol. The van der Waals surface area contributed by atoms with Gasteiger partial charge in [0.15, 0.2) is 0 Å². The van der Waals surface area contributed by atoms with E-state index in [9.17, 15) is 0 Å². The highest BCUT2D eigenvalue weighted by Crippen LogP contribution is 2.26. The second-order valence-corrected chi connectivity index (χ2v) is 5.51. The maximum atomic E-state index is 4.14. The molecule has 0 amide bonds. The molecule has 0 radical (unpaired) electrons. The molecule has 0 N–H and O–H groups in total. The lowest BCUT2D eigenvalue weighted by Crippen LogP contribution is -1.92. The van der Waals surface area contributed by atoms with Crippen LogP contribution in [0.3, 0.4) is 0 Å². The first-order valence-electron chi connectivity index (χ1n) is 4.41. The normalized spacial score (nSPS) is 11.0. The lowest BCUT2D eigenvalue weighted by atomic mass is 10.3. The van der Waals surface area contributed by atoms with Crippen molar-refractivity contribution in [1.82, 2.24) is 15.0 Å². The van der Waals surface area contributed by atoms with Crippen LogP contribution < -0.4 is 0 Å². The smallest absolute Gasteiger partial charge is 0.121 e. The van der Waals surface area contributed by atoms with Gasteiger partial charge in [0.1, 0.15) is 10.5 Å².